The van der Waals surface area contributed by atoms with E-state index in [1.807, 2.05) is 32.0 Å². The number of nitrogens with two attached hydrogens (primary N) is 1. The van der Waals surface area contributed by atoms with Gasteiger partial charge in [0.05, 0.1) is 16.3 Å². The van der Waals surface area contributed by atoms with Crippen LogP contribution in [0.25, 0.3) is 0 Å². The molecule has 4 nitrogen and oxygen atoms in total. The highest BCUT2D eigenvalue weighted by Crippen LogP contribution is 2.30. The van der Waals surface area contributed by atoms with Crippen molar-refractivity contribution < 1.29 is 9.26 Å². The maximum atomic E-state index is 6.18. The Bertz CT molecular complexity index is 547. The molecule has 2 rings (SSSR count). The van der Waals surface area contributed by atoms with Gasteiger partial charge in [-0.3, -0.25) is 0 Å². The van der Waals surface area contributed by atoms with Gasteiger partial charge in [-0.1, -0.05) is 28.9 Å². The van der Waals surface area contributed by atoms with Crippen LogP contribution in [0.4, 0.5) is 0 Å². The number of nitrogens with zero attached hydrogens (tertiary/aromatic N) is 1. The zero-order valence-corrected chi connectivity index (χ0v) is 11.8. The second kappa shape index (κ2) is 6.08. The van der Waals surface area contributed by atoms with Gasteiger partial charge in [0.1, 0.15) is 18.1 Å². The Morgan fingerprint density at radius 2 is 2.16 bits per heavy atom. The quantitative estimate of drug-likeness (QED) is 0.914. The Kier molecular flexibility index (Phi) is 4.45. The zero-order chi connectivity index (χ0) is 13.8. The molecule has 0 fully saturated rings. The Morgan fingerprint density at radius 1 is 1.37 bits per heavy atom. The first-order chi connectivity index (χ1) is 9.13. The van der Waals surface area contributed by atoms with Crippen LogP contribution >= 0.6 is 11.6 Å². The van der Waals surface area contributed by atoms with Crippen LogP contribution in [-0.4, -0.2) is 11.7 Å². The Labute approximate surface area is 117 Å². The van der Waals surface area contributed by atoms with Gasteiger partial charge in [-0.15, -0.1) is 0 Å². The fourth-order valence-electron chi connectivity index (χ4n) is 1.92. The predicted molar refractivity (Wildman–Crippen MR) is 74.5 cm³/mol. The van der Waals surface area contributed by atoms with Gasteiger partial charge in [-0.05, 0) is 38.4 Å². The van der Waals surface area contributed by atoms with Crippen molar-refractivity contribution in [1.82, 2.24) is 5.16 Å². The maximum Gasteiger partial charge on any atom is 0.141 e. The predicted octanol–water partition coefficient (Wildman–Crippen LogP) is 3.03. The topological polar surface area (TPSA) is 61.3 Å². The van der Waals surface area contributed by atoms with Crippen LogP contribution in [-0.2, 0) is 13.0 Å². The smallest absolute Gasteiger partial charge is 0.141 e. The normalized spacial score (nSPS) is 10.7. The van der Waals surface area contributed by atoms with E-state index < -0.39 is 0 Å². The van der Waals surface area contributed by atoms with E-state index in [1.165, 1.54) is 0 Å². The van der Waals surface area contributed by atoms with Crippen LogP contribution in [0.5, 0.6) is 5.75 Å². The van der Waals surface area contributed by atoms with E-state index in [2.05, 4.69) is 5.16 Å². The Hall–Kier alpha value is -1.52. The molecule has 19 heavy (non-hydrogen) atoms. The van der Waals surface area contributed by atoms with Crippen LogP contribution in [0.2, 0.25) is 5.02 Å². The van der Waals surface area contributed by atoms with Crippen LogP contribution in [0.1, 0.15) is 22.6 Å². The van der Waals surface area contributed by atoms with Gasteiger partial charge >= 0.3 is 0 Å². The van der Waals surface area contributed by atoms with Crippen molar-refractivity contribution in [1.29, 1.82) is 0 Å². The van der Waals surface area contributed by atoms with Crippen molar-refractivity contribution in [3.63, 3.8) is 0 Å². The van der Waals surface area contributed by atoms with Gasteiger partial charge < -0.3 is 15.0 Å². The molecule has 1 aromatic carbocycles. The summed E-state index contributed by atoms with van der Waals surface area (Å²) < 4.78 is 10.9. The minimum absolute atomic E-state index is 0.391. The third-order valence-electron chi connectivity index (χ3n) is 3.00. The molecule has 0 radical (unpaired) electrons. The van der Waals surface area contributed by atoms with Crippen LogP contribution in [0.15, 0.2) is 22.7 Å². The Morgan fingerprint density at radius 3 is 2.79 bits per heavy atom. The van der Waals surface area contributed by atoms with E-state index in [1.54, 1.807) is 0 Å². The summed E-state index contributed by atoms with van der Waals surface area (Å²) in [5.74, 6) is 1.46. The van der Waals surface area contributed by atoms with Crippen molar-refractivity contribution in [2.75, 3.05) is 6.54 Å². The summed E-state index contributed by atoms with van der Waals surface area (Å²) in [6, 6.07) is 5.68. The summed E-state index contributed by atoms with van der Waals surface area (Å²) in [5.41, 5.74) is 8.41. The summed E-state index contributed by atoms with van der Waals surface area (Å²) in [7, 11) is 0. The largest absolute Gasteiger partial charge is 0.487 e. The van der Waals surface area contributed by atoms with Crippen molar-refractivity contribution in [3.05, 3.63) is 45.8 Å². The van der Waals surface area contributed by atoms with E-state index >= 15 is 0 Å². The summed E-state index contributed by atoms with van der Waals surface area (Å²) >= 11 is 6.18. The first-order valence-corrected chi connectivity index (χ1v) is 6.53. The number of hydrogen-bond acceptors (Lipinski definition) is 4. The van der Waals surface area contributed by atoms with E-state index in [0.717, 1.165) is 29.0 Å². The number of rotatable bonds is 5. The van der Waals surface area contributed by atoms with Gasteiger partial charge in [-0.2, -0.15) is 0 Å². The molecule has 0 unspecified atom stereocenters. The third-order valence-corrected chi connectivity index (χ3v) is 3.30. The second-order valence-electron chi connectivity index (χ2n) is 4.36. The monoisotopic (exact) mass is 280 g/mol. The average Bonchev–Trinajstić information content (AvgIpc) is 2.69. The minimum Gasteiger partial charge on any atom is -0.487 e. The molecule has 0 aliphatic carbocycles. The Balaban J connectivity index is 2.19. The average molecular weight is 281 g/mol. The molecular formula is C14H17ClN2O2. The van der Waals surface area contributed by atoms with Gasteiger partial charge in [0.15, 0.2) is 0 Å². The fourth-order valence-corrected chi connectivity index (χ4v) is 2.17. The first kappa shape index (κ1) is 13.9. The molecule has 0 amide bonds. The van der Waals surface area contributed by atoms with E-state index in [-0.39, 0.29) is 0 Å². The molecule has 0 saturated carbocycles. The summed E-state index contributed by atoms with van der Waals surface area (Å²) in [4.78, 5) is 0. The number of aryl methyl sites for hydroxylation is 2. The van der Waals surface area contributed by atoms with Gasteiger partial charge in [0, 0.05) is 0 Å². The lowest BCUT2D eigenvalue weighted by Gasteiger charge is -2.12. The molecule has 2 N–H and O–H groups in total. The fraction of sp³-hybridized carbons (Fsp3) is 0.357. The lowest BCUT2D eigenvalue weighted by molar-refractivity contribution is 0.299. The van der Waals surface area contributed by atoms with E-state index in [9.17, 15) is 0 Å². The van der Waals surface area contributed by atoms with Gasteiger partial charge in [0.25, 0.3) is 0 Å². The van der Waals surface area contributed by atoms with Crippen molar-refractivity contribution >= 4 is 11.6 Å². The summed E-state index contributed by atoms with van der Waals surface area (Å²) in [5, 5.41) is 4.50. The van der Waals surface area contributed by atoms with Gasteiger partial charge in [0.2, 0.25) is 0 Å². The van der Waals surface area contributed by atoms with Crippen LogP contribution in [0, 0.1) is 13.8 Å². The summed E-state index contributed by atoms with van der Waals surface area (Å²) in [6.45, 7) is 4.71. The number of hydrogen-bond donors (Lipinski definition) is 1. The lowest BCUT2D eigenvalue weighted by atomic mass is 10.1. The highest BCUT2D eigenvalue weighted by molar-refractivity contribution is 6.32. The highest BCUT2D eigenvalue weighted by atomic mass is 35.5. The highest BCUT2D eigenvalue weighted by Gasteiger charge is 2.13. The standard InChI is InChI=1S/C14H17ClN2O2/c1-9-12(10(2)19-17-9)8-18-14-11(6-7-16)4-3-5-13(14)15/h3-5H,6-8,16H2,1-2H3. The molecule has 0 spiro atoms. The van der Waals surface area contributed by atoms with Crippen LogP contribution < -0.4 is 10.5 Å². The molecule has 0 saturated heterocycles. The molecule has 1 aromatic heterocycles. The number of ether oxygens (including phenoxy) is 1. The molecule has 0 bridgehead atoms. The van der Waals surface area contributed by atoms with Crippen molar-refractivity contribution in [3.8, 4) is 5.75 Å². The lowest BCUT2D eigenvalue weighted by Crippen LogP contribution is -2.06. The SMILES string of the molecule is Cc1noc(C)c1COc1c(Cl)cccc1CCN. The van der Waals surface area contributed by atoms with E-state index in [4.69, 9.17) is 26.6 Å². The van der Waals surface area contributed by atoms with Crippen molar-refractivity contribution in [2.24, 2.45) is 5.73 Å². The minimum atomic E-state index is 0.391. The molecular weight excluding hydrogens is 264 g/mol. The van der Waals surface area contributed by atoms with E-state index in [0.29, 0.717) is 23.9 Å². The molecule has 2 aromatic rings. The molecule has 1 heterocycles. The molecule has 0 aliphatic heterocycles. The molecule has 102 valence electrons. The second-order valence-corrected chi connectivity index (χ2v) is 4.77. The first-order valence-electron chi connectivity index (χ1n) is 6.15. The number of aromatic nitrogens is 1. The number of benzene rings is 1. The molecule has 0 aliphatic rings. The molecule has 0 atom stereocenters. The van der Waals surface area contributed by atoms with Crippen LogP contribution in [0.3, 0.4) is 0 Å². The number of halogens is 1. The zero-order valence-electron chi connectivity index (χ0n) is 11.1. The van der Waals surface area contributed by atoms with Crippen molar-refractivity contribution in [2.45, 2.75) is 26.9 Å². The third kappa shape index (κ3) is 3.08. The van der Waals surface area contributed by atoms with Gasteiger partial charge in [-0.25, -0.2) is 0 Å². The maximum absolute atomic E-state index is 6.18. The number of para-hydroxylation sites is 1. The summed E-state index contributed by atoms with van der Waals surface area (Å²) in [6.07, 6.45) is 0.734. The molecule has 5 heteroatoms.